The van der Waals surface area contributed by atoms with Gasteiger partial charge in [-0.05, 0) is 36.4 Å². The van der Waals surface area contributed by atoms with Gasteiger partial charge in [-0.15, -0.1) is 0 Å². The van der Waals surface area contributed by atoms with E-state index in [1.165, 1.54) is 101 Å². The first-order valence-electron chi connectivity index (χ1n) is 10.1. The lowest BCUT2D eigenvalue weighted by Crippen LogP contribution is -2.55. The van der Waals surface area contributed by atoms with Crippen LogP contribution in [0.3, 0.4) is 0 Å². The van der Waals surface area contributed by atoms with Crippen molar-refractivity contribution >= 4 is 8.07 Å². The number of hydrogen-bond donors (Lipinski definition) is 1. The van der Waals surface area contributed by atoms with E-state index in [0.717, 1.165) is 11.1 Å². The molecule has 0 bridgehead atoms. The summed E-state index contributed by atoms with van der Waals surface area (Å²) in [6.07, 6.45) is 16.5. The number of likely N-dealkylation sites (tertiary alicyclic amines) is 1. The molecule has 2 aliphatic carbocycles. The third kappa shape index (κ3) is 3.46. The number of rotatable bonds is 6. The van der Waals surface area contributed by atoms with Gasteiger partial charge in [-0.2, -0.15) is 0 Å². The minimum absolute atomic E-state index is 0.600. The third-order valence-electron chi connectivity index (χ3n) is 7.64. The Morgan fingerprint density at radius 1 is 0.818 bits per heavy atom. The molecule has 128 valence electrons. The summed E-state index contributed by atoms with van der Waals surface area (Å²) in [6, 6.07) is 1.43. The maximum Gasteiger partial charge on any atom is 0.0950 e. The highest BCUT2D eigenvalue weighted by Gasteiger charge is 2.49. The van der Waals surface area contributed by atoms with Crippen LogP contribution in [0, 0.1) is 0 Å². The summed E-state index contributed by atoms with van der Waals surface area (Å²) in [5.74, 6) is 0. The summed E-state index contributed by atoms with van der Waals surface area (Å²) in [6.45, 7) is 4.16. The van der Waals surface area contributed by atoms with Crippen molar-refractivity contribution in [2.24, 2.45) is 0 Å². The second-order valence-electron chi connectivity index (χ2n) is 8.96. The van der Waals surface area contributed by atoms with Crippen molar-refractivity contribution in [3.05, 3.63) is 0 Å². The molecular formula is C19H38NOSi+. The second kappa shape index (κ2) is 7.35. The SMILES string of the molecule is C[N+]1(CC[Si](CO)(C2CCCC2)C2CCCC2)CCCCC1. The van der Waals surface area contributed by atoms with Gasteiger partial charge in [-0.3, -0.25) is 0 Å². The van der Waals surface area contributed by atoms with E-state index in [0.29, 0.717) is 6.23 Å². The van der Waals surface area contributed by atoms with Crippen molar-refractivity contribution in [1.29, 1.82) is 0 Å². The van der Waals surface area contributed by atoms with Crippen LogP contribution in [0.25, 0.3) is 0 Å². The highest BCUT2D eigenvalue weighted by molar-refractivity contribution is 6.82. The van der Waals surface area contributed by atoms with Gasteiger partial charge >= 0.3 is 0 Å². The van der Waals surface area contributed by atoms with Gasteiger partial charge < -0.3 is 9.59 Å². The van der Waals surface area contributed by atoms with Gasteiger partial charge in [-0.1, -0.05) is 51.4 Å². The monoisotopic (exact) mass is 324 g/mol. The molecule has 3 heteroatoms. The summed E-state index contributed by atoms with van der Waals surface area (Å²) in [5, 5.41) is 10.6. The van der Waals surface area contributed by atoms with Crippen molar-refractivity contribution < 1.29 is 9.59 Å². The van der Waals surface area contributed by atoms with Crippen molar-refractivity contribution in [3.63, 3.8) is 0 Å². The molecule has 3 rings (SSSR count). The molecule has 1 saturated heterocycles. The van der Waals surface area contributed by atoms with Crippen molar-refractivity contribution in [3.8, 4) is 0 Å². The maximum atomic E-state index is 10.6. The molecule has 0 radical (unpaired) electrons. The smallest absolute Gasteiger partial charge is 0.0950 e. The van der Waals surface area contributed by atoms with E-state index in [2.05, 4.69) is 7.05 Å². The van der Waals surface area contributed by atoms with Gasteiger partial charge in [-0.25, -0.2) is 0 Å². The first-order chi connectivity index (χ1) is 10.7. The fraction of sp³-hybridized carbons (Fsp3) is 1.00. The molecule has 1 heterocycles. The van der Waals surface area contributed by atoms with Crippen molar-refractivity contribution in [2.75, 3.05) is 32.9 Å². The average Bonchev–Trinajstić information content (AvgIpc) is 3.23. The lowest BCUT2D eigenvalue weighted by molar-refractivity contribution is -0.912. The van der Waals surface area contributed by atoms with Gasteiger partial charge in [0.25, 0.3) is 0 Å². The normalized spacial score (nSPS) is 27.5. The van der Waals surface area contributed by atoms with E-state index in [9.17, 15) is 5.11 Å². The zero-order valence-electron chi connectivity index (χ0n) is 14.9. The molecular weight excluding hydrogens is 286 g/mol. The van der Waals surface area contributed by atoms with Crippen LogP contribution in [0.15, 0.2) is 0 Å². The summed E-state index contributed by atoms with van der Waals surface area (Å²) in [4.78, 5) is 0. The predicted octanol–water partition coefficient (Wildman–Crippen LogP) is 4.49. The first-order valence-corrected chi connectivity index (χ1v) is 12.7. The van der Waals surface area contributed by atoms with E-state index in [1.807, 2.05) is 0 Å². The Kier molecular flexibility index (Phi) is 5.68. The van der Waals surface area contributed by atoms with E-state index in [-0.39, 0.29) is 0 Å². The molecule has 0 aromatic rings. The van der Waals surface area contributed by atoms with E-state index < -0.39 is 8.07 Å². The Hall–Kier alpha value is 0.137. The molecule has 1 N–H and O–H groups in total. The van der Waals surface area contributed by atoms with Crippen LogP contribution < -0.4 is 0 Å². The fourth-order valence-electron chi connectivity index (χ4n) is 6.06. The lowest BCUT2D eigenvalue weighted by atomic mass is 10.1. The van der Waals surface area contributed by atoms with Gasteiger partial charge in [0, 0.05) is 6.23 Å². The quantitative estimate of drug-likeness (QED) is 0.564. The largest absolute Gasteiger partial charge is 0.400 e. The van der Waals surface area contributed by atoms with E-state index in [1.54, 1.807) is 0 Å². The van der Waals surface area contributed by atoms with Crippen LogP contribution in [0.1, 0.15) is 70.6 Å². The first kappa shape index (κ1) is 17.0. The molecule has 2 nitrogen and oxygen atoms in total. The Labute approximate surface area is 138 Å². The number of aliphatic hydroxyl groups excluding tert-OH is 1. The van der Waals surface area contributed by atoms with Crippen LogP contribution in [-0.2, 0) is 0 Å². The van der Waals surface area contributed by atoms with Crippen molar-refractivity contribution in [1.82, 2.24) is 0 Å². The van der Waals surface area contributed by atoms with Gasteiger partial charge in [0.1, 0.15) is 0 Å². The summed E-state index contributed by atoms with van der Waals surface area (Å²) < 4.78 is 1.31. The number of piperidine rings is 1. The van der Waals surface area contributed by atoms with Crippen LogP contribution in [0.4, 0.5) is 0 Å². The van der Waals surface area contributed by atoms with Gasteiger partial charge in [0.05, 0.1) is 34.8 Å². The highest BCUT2D eigenvalue weighted by atomic mass is 28.3. The van der Waals surface area contributed by atoms with Crippen LogP contribution >= 0.6 is 0 Å². The molecule has 0 atom stereocenters. The standard InChI is InChI=1S/C19H38NOSi/c1-20(13-7-2-8-14-20)15-16-22(17-21,18-9-3-4-10-18)19-11-5-6-12-19/h18-19,21H,2-17H2,1H3/q+1. The molecule has 0 spiro atoms. The van der Waals surface area contributed by atoms with Crippen LogP contribution in [0.2, 0.25) is 17.1 Å². The second-order valence-corrected chi connectivity index (χ2v) is 13.9. The molecule has 0 aromatic carbocycles. The molecule has 22 heavy (non-hydrogen) atoms. The average molecular weight is 325 g/mol. The molecule has 0 aromatic heterocycles. The molecule has 1 aliphatic heterocycles. The minimum Gasteiger partial charge on any atom is -0.400 e. The van der Waals surface area contributed by atoms with Crippen LogP contribution in [-0.4, -0.2) is 50.6 Å². The molecule has 3 aliphatic rings. The zero-order chi connectivity index (χ0) is 15.5. The minimum atomic E-state index is -1.49. The van der Waals surface area contributed by atoms with Gasteiger partial charge in [0.15, 0.2) is 0 Å². The maximum absolute atomic E-state index is 10.6. The lowest BCUT2D eigenvalue weighted by Gasteiger charge is -2.45. The topological polar surface area (TPSA) is 20.2 Å². The predicted molar refractivity (Wildman–Crippen MR) is 96.7 cm³/mol. The Balaban J connectivity index is 1.72. The van der Waals surface area contributed by atoms with Crippen molar-refractivity contribution in [2.45, 2.75) is 87.8 Å². The highest BCUT2D eigenvalue weighted by Crippen LogP contribution is 2.51. The molecule has 0 amide bonds. The summed E-state index contributed by atoms with van der Waals surface area (Å²) >= 11 is 0. The van der Waals surface area contributed by atoms with E-state index >= 15 is 0 Å². The fourth-order valence-corrected chi connectivity index (χ4v) is 12.3. The summed E-state index contributed by atoms with van der Waals surface area (Å²) in [7, 11) is 1.00. The van der Waals surface area contributed by atoms with Crippen LogP contribution in [0.5, 0.6) is 0 Å². The third-order valence-corrected chi connectivity index (χ3v) is 13.8. The molecule has 2 saturated carbocycles. The summed E-state index contributed by atoms with van der Waals surface area (Å²) in [5.41, 5.74) is 1.91. The number of nitrogens with zero attached hydrogens (tertiary/aromatic N) is 1. The Morgan fingerprint density at radius 3 is 1.77 bits per heavy atom. The molecule has 0 unspecified atom stereocenters. The number of hydrogen-bond acceptors (Lipinski definition) is 1. The molecule has 3 fully saturated rings. The van der Waals surface area contributed by atoms with Gasteiger partial charge in [0.2, 0.25) is 0 Å². The number of aliphatic hydroxyl groups is 1. The Bertz CT molecular complexity index is 325. The number of quaternary nitrogens is 1. The zero-order valence-corrected chi connectivity index (χ0v) is 15.9. The van der Waals surface area contributed by atoms with E-state index in [4.69, 9.17) is 0 Å². The Morgan fingerprint density at radius 2 is 1.32 bits per heavy atom.